The van der Waals surface area contributed by atoms with Crippen LogP contribution in [0.2, 0.25) is 10.0 Å². The van der Waals surface area contributed by atoms with E-state index >= 15 is 0 Å². The first-order chi connectivity index (χ1) is 20.4. The predicted octanol–water partition coefficient (Wildman–Crippen LogP) is 6.64. The molecule has 3 aromatic carbocycles. The number of rotatable bonds is 14. The highest BCUT2D eigenvalue weighted by atomic mass is 35.5. The highest BCUT2D eigenvalue weighted by Gasteiger charge is 2.33. The molecule has 0 aliphatic heterocycles. The maximum atomic E-state index is 14.1. The van der Waals surface area contributed by atoms with E-state index < -0.39 is 28.5 Å². The van der Waals surface area contributed by atoms with Crippen LogP contribution >= 0.6 is 35.0 Å². The number of hydrogen-bond acceptors (Lipinski definition) is 6. The second kappa shape index (κ2) is 15.7. The van der Waals surface area contributed by atoms with Crippen LogP contribution in [0.1, 0.15) is 39.7 Å². The molecule has 0 bridgehead atoms. The molecular weight excluding hydrogens is 629 g/mol. The minimum Gasteiger partial charge on any atom is -0.494 e. The molecule has 232 valence electrons. The first-order valence-electron chi connectivity index (χ1n) is 13.8. The lowest BCUT2D eigenvalue weighted by molar-refractivity contribution is -0.139. The Hall–Kier alpha value is -2.92. The van der Waals surface area contributed by atoms with Gasteiger partial charge in [-0.15, -0.1) is 11.8 Å². The normalized spacial score (nSPS) is 12.7. The molecule has 3 aromatic rings. The molecular formula is C31H37Cl2N3O5S2. The number of carbonyl (C=O) groups excluding carboxylic acids is 2. The first kappa shape index (κ1) is 34.6. The Kier molecular flexibility index (Phi) is 12.6. The van der Waals surface area contributed by atoms with Crippen LogP contribution in [0.25, 0.3) is 0 Å². The SMILES string of the molecule is CCOc1ccc(N(CC(=O)N(Cc2ccc(Cl)c(Cl)c2)[C@H](C)C(=O)N[C@H](C)CC)S(=O)(=O)c2ccc(SC)cc2)cc1. The van der Waals surface area contributed by atoms with Gasteiger partial charge in [-0.25, -0.2) is 8.42 Å². The van der Waals surface area contributed by atoms with Gasteiger partial charge in [-0.2, -0.15) is 0 Å². The van der Waals surface area contributed by atoms with Gasteiger partial charge in [-0.1, -0.05) is 36.2 Å². The molecule has 0 spiro atoms. The first-order valence-corrected chi connectivity index (χ1v) is 17.3. The van der Waals surface area contributed by atoms with E-state index in [1.54, 1.807) is 61.5 Å². The van der Waals surface area contributed by atoms with Crippen molar-refractivity contribution in [1.82, 2.24) is 10.2 Å². The Morgan fingerprint density at radius 3 is 2.16 bits per heavy atom. The van der Waals surface area contributed by atoms with Crippen LogP contribution in [0.5, 0.6) is 5.75 Å². The van der Waals surface area contributed by atoms with Crippen molar-refractivity contribution >= 4 is 62.5 Å². The molecule has 43 heavy (non-hydrogen) atoms. The summed E-state index contributed by atoms with van der Waals surface area (Å²) >= 11 is 13.8. The molecule has 2 atom stereocenters. The average Bonchev–Trinajstić information content (AvgIpc) is 3.00. The molecule has 1 N–H and O–H groups in total. The summed E-state index contributed by atoms with van der Waals surface area (Å²) in [4.78, 5) is 29.6. The monoisotopic (exact) mass is 665 g/mol. The van der Waals surface area contributed by atoms with Crippen LogP contribution in [-0.4, -0.2) is 56.6 Å². The Labute approximate surface area is 268 Å². The smallest absolute Gasteiger partial charge is 0.264 e. The summed E-state index contributed by atoms with van der Waals surface area (Å²) < 4.78 is 34.7. The third-order valence-electron chi connectivity index (χ3n) is 6.87. The van der Waals surface area contributed by atoms with Crippen molar-refractivity contribution in [3.05, 3.63) is 82.3 Å². The van der Waals surface area contributed by atoms with Crippen molar-refractivity contribution in [3.8, 4) is 5.75 Å². The summed E-state index contributed by atoms with van der Waals surface area (Å²) in [6, 6.07) is 16.9. The molecule has 0 unspecified atom stereocenters. The molecule has 0 aliphatic carbocycles. The van der Waals surface area contributed by atoms with Crippen molar-refractivity contribution in [2.75, 3.05) is 23.7 Å². The molecule has 0 saturated carbocycles. The largest absolute Gasteiger partial charge is 0.494 e. The molecule has 8 nitrogen and oxygen atoms in total. The van der Waals surface area contributed by atoms with E-state index in [9.17, 15) is 18.0 Å². The number of halogens is 2. The lowest BCUT2D eigenvalue weighted by Gasteiger charge is -2.32. The maximum absolute atomic E-state index is 14.1. The zero-order valence-corrected chi connectivity index (χ0v) is 28.0. The topological polar surface area (TPSA) is 96.0 Å². The number of nitrogens with zero attached hydrogens (tertiary/aromatic N) is 2. The number of ether oxygens (including phenoxy) is 1. The number of amides is 2. The van der Waals surface area contributed by atoms with E-state index in [1.807, 2.05) is 27.0 Å². The van der Waals surface area contributed by atoms with Crippen molar-refractivity contribution in [3.63, 3.8) is 0 Å². The fourth-order valence-electron chi connectivity index (χ4n) is 4.16. The van der Waals surface area contributed by atoms with Gasteiger partial charge in [0.1, 0.15) is 18.3 Å². The number of nitrogens with one attached hydrogen (secondary N) is 1. The fraction of sp³-hybridized carbons (Fsp3) is 0.355. The van der Waals surface area contributed by atoms with E-state index in [2.05, 4.69) is 5.32 Å². The minimum atomic E-state index is -4.19. The Bertz CT molecular complexity index is 1500. The van der Waals surface area contributed by atoms with Gasteiger partial charge < -0.3 is 15.0 Å². The maximum Gasteiger partial charge on any atom is 0.264 e. The molecule has 12 heteroatoms. The molecule has 3 rings (SSSR count). The second-order valence-corrected chi connectivity index (χ2v) is 13.4. The van der Waals surface area contributed by atoms with Gasteiger partial charge in [0.2, 0.25) is 11.8 Å². The van der Waals surface area contributed by atoms with Gasteiger partial charge in [0.15, 0.2) is 0 Å². The van der Waals surface area contributed by atoms with Crippen molar-refractivity contribution in [1.29, 1.82) is 0 Å². The van der Waals surface area contributed by atoms with E-state index in [1.165, 1.54) is 28.8 Å². The third kappa shape index (κ3) is 9.04. The lowest BCUT2D eigenvalue weighted by atomic mass is 10.1. The second-order valence-electron chi connectivity index (χ2n) is 9.88. The average molecular weight is 667 g/mol. The molecule has 0 aromatic heterocycles. The summed E-state index contributed by atoms with van der Waals surface area (Å²) in [5.74, 6) is -0.363. The van der Waals surface area contributed by atoms with Gasteiger partial charge in [-0.05, 0) is 99.7 Å². The minimum absolute atomic E-state index is 0.00437. The fourth-order valence-corrected chi connectivity index (χ4v) is 6.30. The standard InChI is InChI=1S/C31H37Cl2N3O5S2/c1-6-21(3)34-31(38)22(4)35(19-23-8-17-28(32)29(33)18-23)30(37)20-36(24-9-11-25(12-10-24)41-7-2)43(39,40)27-15-13-26(42-5)14-16-27/h8-18,21-22H,6-7,19-20H2,1-5H3,(H,34,38)/t21-,22-/m1/s1. The van der Waals surface area contributed by atoms with Crippen LogP contribution < -0.4 is 14.4 Å². The van der Waals surface area contributed by atoms with Gasteiger partial charge >= 0.3 is 0 Å². The van der Waals surface area contributed by atoms with Crippen LogP contribution in [0, 0.1) is 0 Å². The van der Waals surface area contributed by atoms with Crippen molar-refractivity contribution in [2.24, 2.45) is 0 Å². The van der Waals surface area contributed by atoms with Gasteiger partial charge in [0.25, 0.3) is 10.0 Å². The molecule has 0 aliphatic rings. The van der Waals surface area contributed by atoms with E-state index in [0.717, 1.165) is 9.20 Å². The van der Waals surface area contributed by atoms with Crippen LogP contribution in [0.15, 0.2) is 76.5 Å². The Balaban J connectivity index is 2.05. The summed E-state index contributed by atoms with van der Waals surface area (Å²) in [6.07, 6.45) is 2.60. The van der Waals surface area contributed by atoms with Crippen LogP contribution in [0.3, 0.4) is 0 Å². The predicted molar refractivity (Wildman–Crippen MR) is 175 cm³/mol. The lowest BCUT2D eigenvalue weighted by Crippen LogP contribution is -2.52. The summed E-state index contributed by atoms with van der Waals surface area (Å²) in [5, 5.41) is 3.57. The van der Waals surface area contributed by atoms with Gasteiger partial charge in [0.05, 0.1) is 27.2 Å². The van der Waals surface area contributed by atoms with E-state index in [-0.39, 0.29) is 29.1 Å². The Morgan fingerprint density at radius 2 is 1.60 bits per heavy atom. The molecule has 0 heterocycles. The number of carbonyl (C=O) groups is 2. The number of anilines is 1. The van der Waals surface area contributed by atoms with Gasteiger partial charge in [0, 0.05) is 17.5 Å². The molecule has 0 fully saturated rings. The summed E-state index contributed by atoms with van der Waals surface area (Å²) in [5.41, 5.74) is 0.908. The highest BCUT2D eigenvalue weighted by Crippen LogP contribution is 2.28. The van der Waals surface area contributed by atoms with Crippen molar-refractivity contribution < 1.29 is 22.7 Å². The van der Waals surface area contributed by atoms with Gasteiger partial charge in [-0.3, -0.25) is 13.9 Å². The summed E-state index contributed by atoms with van der Waals surface area (Å²) in [6.45, 7) is 7.18. The zero-order valence-electron chi connectivity index (χ0n) is 24.8. The Morgan fingerprint density at radius 1 is 0.953 bits per heavy atom. The third-order valence-corrected chi connectivity index (χ3v) is 10.1. The van der Waals surface area contributed by atoms with Crippen LogP contribution in [0.4, 0.5) is 5.69 Å². The number of thioether (sulfide) groups is 1. The summed E-state index contributed by atoms with van der Waals surface area (Å²) in [7, 11) is -4.19. The number of sulfonamides is 1. The molecule has 0 saturated heterocycles. The zero-order chi connectivity index (χ0) is 31.7. The quantitative estimate of drug-likeness (QED) is 0.194. The van der Waals surface area contributed by atoms with E-state index in [0.29, 0.717) is 34.4 Å². The molecule has 0 radical (unpaired) electrons. The van der Waals surface area contributed by atoms with E-state index in [4.69, 9.17) is 27.9 Å². The number of hydrogen-bond donors (Lipinski definition) is 1. The number of benzene rings is 3. The van der Waals surface area contributed by atoms with Crippen molar-refractivity contribution in [2.45, 2.75) is 62.5 Å². The van der Waals surface area contributed by atoms with Crippen LogP contribution in [-0.2, 0) is 26.2 Å². The molecule has 2 amide bonds. The highest BCUT2D eigenvalue weighted by molar-refractivity contribution is 7.98.